The lowest BCUT2D eigenvalue weighted by atomic mass is 10.0. The van der Waals surface area contributed by atoms with Gasteiger partial charge >= 0.3 is 0 Å². The number of benzene rings is 1. The number of rotatable bonds is 5. The van der Waals surface area contributed by atoms with Crippen molar-refractivity contribution in [2.75, 3.05) is 37.8 Å². The highest BCUT2D eigenvalue weighted by Gasteiger charge is 2.30. The third kappa shape index (κ3) is 4.58. The van der Waals surface area contributed by atoms with Crippen LogP contribution in [0.1, 0.15) is 28.8 Å². The molecule has 1 atom stereocenters. The molecule has 0 spiro atoms. The number of anilines is 1. The standard InChI is InChI=1S/C26H27N5O4S/c1-34-24-5-3-19-25(30-24)18-11-17(35-21(18)12-27-19)13-31-8-6-16(7-9-31)28-26(33)15-2-4-22-20(10-15)29-23(32)14-36-22/h2-5,10,12,16-17H,6-9,11,13-14H2,1H3,(H,28,33)(H,29,32). The molecule has 0 bridgehead atoms. The summed E-state index contributed by atoms with van der Waals surface area (Å²) in [6.45, 7) is 2.61. The Balaban J connectivity index is 1.03. The Morgan fingerprint density at radius 3 is 2.97 bits per heavy atom. The van der Waals surface area contributed by atoms with Gasteiger partial charge in [0.25, 0.3) is 5.91 Å². The van der Waals surface area contributed by atoms with Gasteiger partial charge in [-0.3, -0.25) is 19.5 Å². The van der Waals surface area contributed by atoms with E-state index in [2.05, 4.69) is 25.5 Å². The van der Waals surface area contributed by atoms with Gasteiger partial charge in [-0.15, -0.1) is 11.8 Å². The van der Waals surface area contributed by atoms with Gasteiger partial charge < -0.3 is 20.1 Å². The first-order chi connectivity index (χ1) is 17.6. The molecule has 2 N–H and O–H groups in total. The molecule has 2 aromatic heterocycles. The molecular weight excluding hydrogens is 478 g/mol. The van der Waals surface area contributed by atoms with Crippen molar-refractivity contribution in [1.29, 1.82) is 0 Å². The van der Waals surface area contributed by atoms with E-state index >= 15 is 0 Å². The Morgan fingerprint density at radius 2 is 2.14 bits per heavy atom. The van der Waals surface area contributed by atoms with Crippen molar-refractivity contribution in [2.24, 2.45) is 0 Å². The number of aromatic nitrogens is 2. The minimum Gasteiger partial charge on any atom is -0.487 e. The summed E-state index contributed by atoms with van der Waals surface area (Å²) < 4.78 is 11.5. The fourth-order valence-electron chi connectivity index (χ4n) is 5.09. The van der Waals surface area contributed by atoms with Gasteiger partial charge in [0.1, 0.15) is 11.9 Å². The topological polar surface area (TPSA) is 106 Å². The second-order valence-electron chi connectivity index (χ2n) is 9.36. The lowest BCUT2D eigenvalue weighted by Gasteiger charge is -2.33. The van der Waals surface area contributed by atoms with Gasteiger partial charge in [0, 0.05) is 54.2 Å². The number of hydrogen-bond donors (Lipinski definition) is 2. The Hall–Kier alpha value is -3.37. The number of pyridine rings is 2. The molecule has 1 aromatic carbocycles. The number of amides is 2. The van der Waals surface area contributed by atoms with E-state index in [1.54, 1.807) is 19.4 Å². The molecule has 5 heterocycles. The van der Waals surface area contributed by atoms with Gasteiger partial charge in [0.2, 0.25) is 11.8 Å². The van der Waals surface area contributed by atoms with Gasteiger partial charge in [0.05, 0.1) is 35.8 Å². The van der Waals surface area contributed by atoms with Gasteiger partial charge in [-0.2, -0.15) is 0 Å². The molecule has 186 valence electrons. The maximum Gasteiger partial charge on any atom is 0.251 e. The second-order valence-corrected chi connectivity index (χ2v) is 10.4. The van der Waals surface area contributed by atoms with E-state index in [9.17, 15) is 9.59 Å². The van der Waals surface area contributed by atoms with Gasteiger partial charge in [-0.25, -0.2) is 4.98 Å². The third-order valence-corrected chi connectivity index (χ3v) is 8.02. The van der Waals surface area contributed by atoms with Crippen molar-refractivity contribution in [3.05, 3.63) is 47.7 Å². The van der Waals surface area contributed by atoms with Gasteiger partial charge in [-0.05, 0) is 37.1 Å². The zero-order valence-corrected chi connectivity index (χ0v) is 20.8. The number of thioether (sulfide) groups is 1. The molecule has 0 radical (unpaired) electrons. The molecule has 1 unspecified atom stereocenters. The number of fused-ring (bicyclic) bond motifs is 4. The zero-order valence-electron chi connectivity index (χ0n) is 20.0. The maximum absolute atomic E-state index is 12.8. The molecule has 6 rings (SSSR count). The first-order valence-corrected chi connectivity index (χ1v) is 13.1. The monoisotopic (exact) mass is 505 g/mol. The van der Waals surface area contributed by atoms with Crippen LogP contribution in [0.15, 0.2) is 41.4 Å². The van der Waals surface area contributed by atoms with Crippen LogP contribution in [0.4, 0.5) is 5.69 Å². The molecule has 1 fully saturated rings. The lowest BCUT2D eigenvalue weighted by Crippen LogP contribution is -2.47. The number of likely N-dealkylation sites (tertiary alicyclic amines) is 1. The summed E-state index contributed by atoms with van der Waals surface area (Å²) in [5.41, 5.74) is 4.06. The Bertz CT molecular complexity index is 1340. The van der Waals surface area contributed by atoms with Crippen LogP contribution in [-0.2, 0) is 11.2 Å². The molecule has 2 amide bonds. The molecule has 10 heteroatoms. The third-order valence-electron chi connectivity index (χ3n) is 6.95. The molecule has 0 aliphatic carbocycles. The summed E-state index contributed by atoms with van der Waals surface area (Å²) in [4.78, 5) is 37.0. The molecule has 3 aliphatic rings. The highest BCUT2D eigenvalue weighted by molar-refractivity contribution is 8.00. The van der Waals surface area contributed by atoms with E-state index in [-0.39, 0.29) is 24.0 Å². The molecule has 1 saturated heterocycles. The number of carbonyl (C=O) groups is 2. The quantitative estimate of drug-likeness (QED) is 0.545. The summed E-state index contributed by atoms with van der Waals surface area (Å²) in [6.07, 6.45) is 4.39. The van der Waals surface area contributed by atoms with Crippen molar-refractivity contribution in [2.45, 2.75) is 36.3 Å². The molecule has 3 aromatic rings. The molecule has 0 saturated carbocycles. The van der Waals surface area contributed by atoms with E-state index in [1.165, 1.54) is 11.8 Å². The van der Waals surface area contributed by atoms with Crippen LogP contribution in [-0.4, -0.2) is 71.3 Å². The summed E-state index contributed by atoms with van der Waals surface area (Å²) in [7, 11) is 1.61. The van der Waals surface area contributed by atoms with E-state index < -0.39 is 0 Å². The minimum atomic E-state index is -0.0991. The normalized spacial score (nSPS) is 19.8. The van der Waals surface area contributed by atoms with E-state index in [0.717, 1.165) is 66.1 Å². The number of hydrogen-bond acceptors (Lipinski definition) is 8. The number of nitrogens with zero attached hydrogens (tertiary/aromatic N) is 3. The summed E-state index contributed by atoms with van der Waals surface area (Å²) in [6, 6.07) is 9.36. The van der Waals surface area contributed by atoms with Crippen LogP contribution in [0.25, 0.3) is 11.0 Å². The van der Waals surface area contributed by atoms with Crippen LogP contribution in [0, 0.1) is 0 Å². The highest BCUT2D eigenvalue weighted by Crippen LogP contribution is 2.34. The van der Waals surface area contributed by atoms with Gasteiger partial charge in [0.15, 0.2) is 0 Å². The number of ether oxygens (including phenoxy) is 2. The first-order valence-electron chi connectivity index (χ1n) is 12.1. The predicted octanol–water partition coefficient (Wildman–Crippen LogP) is 2.88. The van der Waals surface area contributed by atoms with Crippen molar-refractivity contribution in [3.63, 3.8) is 0 Å². The van der Waals surface area contributed by atoms with Crippen LogP contribution in [0.5, 0.6) is 11.6 Å². The average Bonchev–Trinajstić information content (AvgIpc) is 3.32. The van der Waals surface area contributed by atoms with Crippen molar-refractivity contribution in [3.8, 4) is 11.6 Å². The Morgan fingerprint density at radius 1 is 1.28 bits per heavy atom. The predicted molar refractivity (Wildman–Crippen MR) is 137 cm³/mol. The van der Waals surface area contributed by atoms with E-state index in [1.807, 2.05) is 24.3 Å². The fraction of sp³-hybridized carbons (Fsp3) is 0.385. The largest absolute Gasteiger partial charge is 0.487 e. The fourth-order valence-corrected chi connectivity index (χ4v) is 5.88. The number of methoxy groups -OCH3 is 1. The molecule has 9 nitrogen and oxygen atoms in total. The minimum absolute atomic E-state index is 0.0350. The van der Waals surface area contributed by atoms with E-state index in [0.29, 0.717) is 22.9 Å². The van der Waals surface area contributed by atoms with Crippen LogP contribution >= 0.6 is 11.8 Å². The Labute approximate surface area is 213 Å². The Kier molecular flexibility index (Phi) is 6.14. The second kappa shape index (κ2) is 9.59. The lowest BCUT2D eigenvalue weighted by molar-refractivity contribution is -0.113. The summed E-state index contributed by atoms with van der Waals surface area (Å²) in [5, 5.41) is 6.02. The van der Waals surface area contributed by atoms with Crippen LogP contribution < -0.4 is 20.1 Å². The SMILES string of the molecule is COc1ccc2ncc3c(c2n1)CC(CN1CCC(NC(=O)c2ccc4c(c2)NC(=O)CS4)CC1)O3. The number of piperidine rings is 1. The van der Waals surface area contributed by atoms with Crippen molar-refractivity contribution >= 4 is 40.3 Å². The molecule has 36 heavy (non-hydrogen) atoms. The van der Waals surface area contributed by atoms with Crippen molar-refractivity contribution in [1.82, 2.24) is 20.2 Å². The summed E-state index contributed by atoms with van der Waals surface area (Å²) >= 11 is 1.49. The highest BCUT2D eigenvalue weighted by atomic mass is 32.2. The van der Waals surface area contributed by atoms with Crippen molar-refractivity contribution < 1.29 is 19.1 Å². The van der Waals surface area contributed by atoms with E-state index in [4.69, 9.17) is 9.47 Å². The van der Waals surface area contributed by atoms with Crippen LogP contribution in [0.3, 0.4) is 0 Å². The van der Waals surface area contributed by atoms with Crippen LogP contribution in [0.2, 0.25) is 0 Å². The zero-order chi connectivity index (χ0) is 24.6. The first kappa shape index (κ1) is 23.1. The molecule has 3 aliphatic heterocycles. The average molecular weight is 506 g/mol. The smallest absolute Gasteiger partial charge is 0.251 e. The number of carbonyl (C=O) groups excluding carboxylic acids is 2. The summed E-state index contributed by atoms with van der Waals surface area (Å²) in [5.74, 6) is 1.65. The van der Waals surface area contributed by atoms with Gasteiger partial charge in [-0.1, -0.05) is 0 Å². The molecular formula is C26H27N5O4S. The number of nitrogens with one attached hydrogen (secondary N) is 2. The maximum atomic E-state index is 12.8.